The lowest BCUT2D eigenvalue weighted by atomic mass is 10.1. The van der Waals surface area contributed by atoms with E-state index >= 15 is 0 Å². The minimum atomic E-state index is -0.242. The molecule has 190 valence electrons. The summed E-state index contributed by atoms with van der Waals surface area (Å²) < 4.78 is 1.58. The first-order chi connectivity index (χ1) is 17.9. The fourth-order valence-electron chi connectivity index (χ4n) is 4.27. The normalized spacial score (nSPS) is 13.9. The topological polar surface area (TPSA) is 94.5 Å². The minimum Gasteiger partial charge on any atom is -0.393 e. The average Bonchev–Trinajstić information content (AvgIpc) is 3.34. The lowest BCUT2D eigenvalue weighted by molar-refractivity contribution is 0.102. The number of amides is 1. The third-order valence-electron chi connectivity index (χ3n) is 6.34. The van der Waals surface area contributed by atoms with E-state index in [1.807, 2.05) is 30.3 Å². The Morgan fingerprint density at radius 3 is 2.11 bits per heavy atom. The van der Waals surface area contributed by atoms with Gasteiger partial charge in [-0.25, -0.2) is 0 Å². The maximum atomic E-state index is 12.3. The van der Waals surface area contributed by atoms with Crippen LogP contribution in [0.2, 0.25) is 5.02 Å². The predicted molar refractivity (Wildman–Crippen MR) is 150 cm³/mol. The van der Waals surface area contributed by atoms with Gasteiger partial charge in [-0.05, 0) is 79.6 Å². The highest BCUT2D eigenvalue weighted by Crippen LogP contribution is 2.30. The van der Waals surface area contributed by atoms with E-state index in [2.05, 4.69) is 50.2 Å². The Morgan fingerprint density at radius 1 is 0.919 bits per heavy atom. The Labute approximate surface area is 220 Å². The maximum Gasteiger partial charge on any atom is 0.258 e. The number of aromatic nitrogens is 2. The van der Waals surface area contributed by atoms with Crippen LogP contribution in [0.5, 0.6) is 0 Å². The van der Waals surface area contributed by atoms with Gasteiger partial charge in [0.05, 0.1) is 28.6 Å². The van der Waals surface area contributed by atoms with E-state index in [1.54, 1.807) is 30.1 Å². The summed E-state index contributed by atoms with van der Waals surface area (Å²) in [4.78, 5) is 14.6. The average molecular weight is 517 g/mol. The van der Waals surface area contributed by atoms with Crippen molar-refractivity contribution in [1.29, 1.82) is 0 Å². The molecule has 9 heteroatoms. The zero-order valence-corrected chi connectivity index (χ0v) is 21.2. The van der Waals surface area contributed by atoms with Crippen LogP contribution in [0.4, 0.5) is 34.1 Å². The van der Waals surface area contributed by atoms with Gasteiger partial charge < -0.3 is 26.0 Å². The van der Waals surface area contributed by atoms with Crippen LogP contribution in [0, 0.1) is 0 Å². The molecule has 8 nitrogen and oxygen atoms in total. The molecule has 4 N–H and O–H groups in total. The summed E-state index contributed by atoms with van der Waals surface area (Å²) >= 11 is 6.47. The van der Waals surface area contributed by atoms with E-state index in [0.29, 0.717) is 16.3 Å². The van der Waals surface area contributed by atoms with Gasteiger partial charge in [-0.1, -0.05) is 11.6 Å². The fourth-order valence-corrected chi connectivity index (χ4v) is 4.50. The van der Waals surface area contributed by atoms with Crippen molar-refractivity contribution in [3.63, 3.8) is 0 Å². The molecule has 1 saturated heterocycles. The van der Waals surface area contributed by atoms with E-state index in [0.717, 1.165) is 48.7 Å². The molecule has 0 bridgehead atoms. The highest BCUT2D eigenvalue weighted by Gasteiger charge is 2.17. The predicted octanol–water partition coefficient (Wildman–Crippen LogP) is 5.77. The molecule has 37 heavy (non-hydrogen) atoms. The molecular weight excluding hydrogens is 488 g/mol. The number of aliphatic hydroxyl groups is 1. The first-order valence-corrected chi connectivity index (χ1v) is 12.6. The van der Waals surface area contributed by atoms with Crippen LogP contribution >= 0.6 is 11.6 Å². The third kappa shape index (κ3) is 6.22. The molecule has 0 spiro atoms. The van der Waals surface area contributed by atoms with Gasteiger partial charge in [0.1, 0.15) is 0 Å². The van der Waals surface area contributed by atoms with E-state index in [9.17, 15) is 9.90 Å². The van der Waals surface area contributed by atoms with Crippen LogP contribution in [-0.4, -0.2) is 40.0 Å². The second-order valence-corrected chi connectivity index (χ2v) is 9.55. The number of rotatable bonds is 7. The lowest BCUT2D eigenvalue weighted by Gasteiger charge is -2.31. The quantitative estimate of drug-likeness (QED) is 0.249. The van der Waals surface area contributed by atoms with Crippen molar-refractivity contribution in [3.8, 4) is 0 Å². The molecule has 3 aromatic carbocycles. The Kier molecular flexibility index (Phi) is 7.30. The zero-order valence-electron chi connectivity index (χ0n) is 20.5. The zero-order chi connectivity index (χ0) is 25.8. The second-order valence-electron chi connectivity index (χ2n) is 9.14. The van der Waals surface area contributed by atoms with E-state index in [-0.39, 0.29) is 12.0 Å². The van der Waals surface area contributed by atoms with Crippen LogP contribution in [0.15, 0.2) is 79.1 Å². The lowest BCUT2D eigenvalue weighted by Crippen LogP contribution is -2.35. The van der Waals surface area contributed by atoms with Crippen LogP contribution < -0.4 is 20.9 Å². The van der Waals surface area contributed by atoms with Gasteiger partial charge in [-0.15, -0.1) is 0 Å². The first-order valence-electron chi connectivity index (χ1n) is 12.2. The Morgan fingerprint density at radius 2 is 1.51 bits per heavy atom. The summed E-state index contributed by atoms with van der Waals surface area (Å²) in [5, 5.41) is 23.8. The standard InChI is InChI=1S/C28H29ClN6O2/c1-34-18-19(17-30-34)28(37)33-23-8-11-27(26(29)16-23)32-22-4-2-20(3-5-22)31-21-6-9-24(10-7-21)35-14-12-25(36)13-15-35/h2-11,16-18,25,31-32,36H,12-15H2,1H3,(H,33,37). The summed E-state index contributed by atoms with van der Waals surface area (Å²) in [6.45, 7) is 1.77. The van der Waals surface area contributed by atoms with Crippen molar-refractivity contribution in [3.05, 3.63) is 89.7 Å². The molecule has 1 aliphatic rings. The molecule has 1 amide bonds. The molecule has 0 atom stereocenters. The molecule has 1 aromatic heterocycles. The number of hydrogen-bond acceptors (Lipinski definition) is 6. The third-order valence-corrected chi connectivity index (χ3v) is 6.66. The summed E-state index contributed by atoms with van der Waals surface area (Å²) in [5.74, 6) is -0.242. The Bertz CT molecular complexity index is 1360. The van der Waals surface area contributed by atoms with Gasteiger partial charge in [0.15, 0.2) is 0 Å². The number of halogens is 1. The number of aliphatic hydroxyl groups excluding tert-OH is 1. The van der Waals surface area contributed by atoms with Gasteiger partial charge in [-0.2, -0.15) is 5.10 Å². The van der Waals surface area contributed by atoms with Gasteiger partial charge in [0, 0.05) is 54.8 Å². The molecule has 2 heterocycles. The number of carbonyl (C=O) groups is 1. The van der Waals surface area contributed by atoms with Crippen molar-refractivity contribution in [1.82, 2.24) is 9.78 Å². The van der Waals surface area contributed by atoms with Gasteiger partial charge in [0.25, 0.3) is 5.91 Å². The smallest absolute Gasteiger partial charge is 0.258 e. The number of nitrogens with zero attached hydrogens (tertiary/aromatic N) is 3. The molecule has 4 aromatic rings. The van der Waals surface area contributed by atoms with Gasteiger partial charge in [-0.3, -0.25) is 9.48 Å². The van der Waals surface area contributed by atoms with E-state index < -0.39 is 0 Å². The van der Waals surface area contributed by atoms with Crippen molar-refractivity contribution < 1.29 is 9.90 Å². The molecule has 1 fully saturated rings. The molecular formula is C28H29ClN6O2. The van der Waals surface area contributed by atoms with Crippen molar-refractivity contribution in [2.75, 3.05) is 33.9 Å². The van der Waals surface area contributed by atoms with E-state index in [1.165, 1.54) is 11.9 Å². The number of hydrogen-bond donors (Lipinski definition) is 4. The van der Waals surface area contributed by atoms with Gasteiger partial charge in [0.2, 0.25) is 0 Å². The Hall–Kier alpha value is -4.01. The molecule has 1 aliphatic heterocycles. The van der Waals surface area contributed by atoms with Crippen molar-refractivity contribution in [2.45, 2.75) is 18.9 Å². The largest absolute Gasteiger partial charge is 0.393 e. The Balaban J connectivity index is 1.17. The fraction of sp³-hybridized carbons (Fsp3) is 0.214. The summed E-state index contributed by atoms with van der Waals surface area (Å²) in [6, 6.07) is 21.7. The highest BCUT2D eigenvalue weighted by molar-refractivity contribution is 6.33. The molecule has 0 radical (unpaired) electrons. The van der Waals surface area contributed by atoms with Gasteiger partial charge >= 0.3 is 0 Å². The van der Waals surface area contributed by atoms with Crippen molar-refractivity contribution >= 4 is 51.6 Å². The van der Waals surface area contributed by atoms with E-state index in [4.69, 9.17) is 11.6 Å². The number of benzene rings is 3. The van der Waals surface area contributed by atoms with Crippen LogP contribution in [0.1, 0.15) is 23.2 Å². The summed E-state index contributed by atoms with van der Waals surface area (Å²) in [5.41, 5.74) is 5.87. The molecule has 0 aliphatic carbocycles. The monoisotopic (exact) mass is 516 g/mol. The molecule has 0 saturated carbocycles. The SMILES string of the molecule is Cn1cc(C(=O)Nc2ccc(Nc3ccc(Nc4ccc(N5CCC(O)CC5)cc4)cc3)c(Cl)c2)cn1. The summed E-state index contributed by atoms with van der Waals surface area (Å²) in [6.07, 6.45) is 4.64. The molecule has 5 rings (SSSR count). The minimum absolute atomic E-state index is 0.171. The highest BCUT2D eigenvalue weighted by atomic mass is 35.5. The number of piperidine rings is 1. The summed E-state index contributed by atoms with van der Waals surface area (Å²) in [7, 11) is 1.76. The number of anilines is 6. The van der Waals surface area contributed by atoms with Crippen LogP contribution in [0.3, 0.4) is 0 Å². The number of nitrogens with one attached hydrogen (secondary N) is 3. The van der Waals surface area contributed by atoms with Crippen LogP contribution in [0.25, 0.3) is 0 Å². The number of aryl methyl sites for hydroxylation is 1. The maximum absolute atomic E-state index is 12.3. The molecule has 0 unspecified atom stereocenters. The second kappa shape index (κ2) is 10.9. The van der Waals surface area contributed by atoms with Crippen LogP contribution in [-0.2, 0) is 7.05 Å². The number of carbonyl (C=O) groups excluding carboxylic acids is 1. The first kappa shape index (κ1) is 24.7. The van der Waals surface area contributed by atoms with Crippen molar-refractivity contribution in [2.24, 2.45) is 7.05 Å².